The smallest absolute Gasteiger partial charge is 0.274 e. The number of halogens is 1. The Morgan fingerprint density at radius 3 is 2.60 bits per heavy atom. The zero-order valence-corrected chi connectivity index (χ0v) is 13.4. The summed E-state index contributed by atoms with van der Waals surface area (Å²) < 4.78 is 1.17. The Hall–Kier alpha value is -1.63. The van der Waals surface area contributed by atoms with Crippen molar-refractivity contribution in [1.29, 1.82) is 0 Å². The number of nitrogens with zero attached hydrogens (tertiary/aromatic N) is 1. The lowest BCUT2D eigenvalue weighted by Crippen LogP contribution is -2.10. The number of rotatable bonds is 4. The molecule has 2 rings (SSSR count). The van der Waals surface area contributed by atoms with Crippen LogP contribution in [0.15, 0.2) is 42.5 Å². The molecule has 20 heavy (non-hydrogen) atoms. The van der Waals surface area contributed by atoms with Crippen LogP contribution in [0.1, 0.15) is 24.1 Å². The van der Waals surface area contributed by atoms with E-state index in [9.17, 15) is 10.1 Å². The molecule has 2 aromatic rings. The predicted octanol–water partition coefficient (Wildman–Crippen LogP) is 4.68. The summed E-state index contributed by atoms with van der Waals surface area (Å²) in [4.78, 5) is 10.7. The fourth-order valence-electron chi connectivity index (χ4n) is 2.12. The van der Waals surface area contributed by atoms with Crippen molar-refractivity contribution in [3.05, 3.63) is 67.3 Å². The number of hydrogen-bond donors (Lipinski definition) is 1. The molecule has 0 saturated heterocycles. The van der Waals surface area contributed by atoms with Gasteiger partial charge in [0.2, 0.25) is 0 Å². The molecular formula is C15H15IN2O2. The van der Waals surface area contributed by atoms with E-state index in [1.54, 1.807) is 12.1 Å². The Labute approximate surface area is 131 Å². The molecular weight excluding hydrogens is 367 g/mol. The second-order valence-electron chi connectivity index (χ2n) is 4.64. The van der Waals surface area contributed by atoms with Crippen molar-refractivity contribution < 1.29 is 4.92 Å². The highest BCUT2D eigenvalue weighted by molar-refractivity contribution is 14.1. The number of anilines is 1. The van der Waals surface area contributed by atoms with E-state index in [0.29, 0.717) is 5.56 Å². The highest BCUT2D eigenvalue weighted by Gasteiger charge is 2.18. The SMILES string of the molecule is Cc1cc(I)ccc1NC(C)c1ccccc1[N+](=O)[O-]. The van der Waals surface area contributed by atoms with Crippen molar-refractivity contribution in [3.8, 4) is 0 Å². The Morgan fingerprint density at radius 2 is 1.95 bits per heavy atom. The quantitative estimate of drug-likeness (QED) is 0.475. The van der Waals surface area contributed by atoms with Gasteiger partial charge in [-0.25, -0.2) is 0 Å². The van der Waals surface area contributed by atoms with Gasteiger partial charge in [0, 0.05) is 15.3 Å². The fraction of sp³-hybridized carbons (Fsp3) is 0.200. The number of nitro benzene ring substituents is 1. The van der Waals surface area contributed by atoms with Gasteiger partial charge in [0.15, 0.2) is 0 Å². The molecule has 104 valence electrons. The van der Waals surface area contributed by atoms with Gasteiger partial charge in [0.1, 0.15) is 0 Å². The maximum Gasteiger partial charge on any atom is 0.274 e. The Bertz CT molecular complexity index is 644. The van der Waals surface area contributed by atoms with Crippen molar-refractivity contribution in [3.63, 3.8) is 0 Å². The molecule has 1 atom stereocenters. The van der Waals surface area contributed by atoms with Crippen molar-refractivity contribution in [2.75, 3.05) is 5.32 Å². The largest absolute Gasteiger partial charge is 0.378 e. The highest BCUT2D eigenvalue weighted by Crippen LogP contribution is 2.28. The van der Waals surface area contributed by atoms with E-state index >= 15 is 0 Å². The summed E-state index contributed by atoms with van der Waals surface area (Å²) >= 11 is 2.26. The number of para-hydroxylation sites is 1. The molecule has 0 radical (unpaired) electrons. The minimum Gasteiger partial charge on any atom is -0.378 e. The van der Waals surface area contributed by atoms with E-state index in [2.05, 4.69) is 34.0 Å². The topological polar surface area (TPSA) is 55.2 Å². The number of nitro groups is 1. The molecule has 1 N–H and O–H groups in total. The maximum absolute atomic E-state index is 11.1. The van der Waals surface area contributed by atoms with Crippen LogP contribution in [-0.2, 0) is 0 Å². The highest BCUT2D eigenvalue weighted by atomic mass is 127. The average Bonchev–Trinajstić information content (AvgIpc) is 2.41. The molecule has 0 aliphatic heterocycles. The Morgan fingerprint density at radius 1 is 1.25 bits per heavy atom. The number of benzene rings is 2. The van der Waals surface area contributed by atoms with E-state index < -0.39 is 0 Å². The minimum atomic E-state index is -0.339. The van der Waals surface area contributed by atoms with E-state index in [0.717, 1.165) is 11.3 Å². The summed E-state index contributed by atoms with van der Waals surface area (Å²) in [5.41, 5.74) is 2.96. The molecule has 0 amide bonds. The zero-order chi connectivity index (χ0) is 14.7. The molecule has 4 nitrogen and oxygen atoms in total. The average molecular weight is 382 g/mol. The first-order chi connectivity index (χ1) is 9.49. The summed E-state index contributed by atoms with van der Waals surface area (Å²) in [5, 5.41) is 14.4. The van der Waals surface area contributed by atoms with Gasteiger partial charge in [0.25, 0.3) is 5.69 Å². The van der Waals surface area contributed by atoms with Crippen LogP contribution in [-0.4, -0.2) is 4.92 Å². The van der Waals surface area contributed by atoms with Crippen LogP contribution in [0.2, 0.25) is 0 Å². The van der Waals surface area contributed by atoms with E-state index in [4.69, 9.17) is 0 Å². The number of aryl methyl sites for hydroxylation is 1. The van der Waals surface area contributed by atoms with Gasteiger partial charge in [-0.2, -0.15) is 0 Å². The molecule has 0 heterocycles. The first-order valence-corrected chi connectivity index (χ1v) is 7.33. The summed E-state index contributed by atoms with van der Waals surface area (Å²) in [6.07, 6.45) is 0. The molecule has 0 fully saturated rings. The summed E-state index contributed by atoms with van der Waals surface area (Å²) in [5.74, 6) is 0. The van der Waals surface area contributed by atoms with Gasteiger partial charge in [0.05, 0.1) is 16.5 Å². The van der Waals surface area contributed by atoms with Crippen LogP contribution in [0.5, 0.6) is 0 Å². The molecule has 0 spiro atoms. The van der Waals surface area contributed by atoms with Gasteiger partial charge in [-0.05, 0) is 60.2 Å². The van der Waals surface area contributed by atoms with Gasteiger partial charge < -0.3 is 5.32 Å². The van der Waals surface area contributed by atoms with Crippen molar-refractivity contribution in [2.45, 2.75) is 19.9 Å². The van der Waals surface area contributed by atoms with Crippen LogP contribution in [0, 0.1) is 20.6 Å². The molecule has 1 unspecified atom stereocenters. The number of nitrogens with one attached hydrogen (secondary N) is 1. The molecule has 0 bridgehead atoms. The molecule has 5 heteroatoms. The molecule has 0 aromatic heterocycles. The molecule has 2 aromatic carbocycles. The van der Waals surface area contributed by atoms with E-state index in [-0.39, 0.29) is 16.7 Å². The van der Waals surface area contributed by atoms with Crippen LogP contribution in [0.25, 0.3) is 0 Å². The van der Waals surface area contributed by atoms with E-state index in [1.165, 1.54) is 9.64 Å². The normalized spacial score (nSPS) is 11.9. The number of hydrogen-bond acceptors (Lipinski definition) is 3. The zero-order valence-electron chi connectivity index (χ0n) is 11.3. The first-order valence-electron chi connectivity index (χ1n) is 6.25. The van der Waals surface area contributed by atoms with Gasteiger partial charge >= 0.3 is 0 Å². The van der Waals surface area contributed by atoms with Crippen molar-refractivity contribution >= 4 is 34.0 Å². The van der Waals surface area contributed by atoms with Gasteiger partial charge in [-0.1, -0.05) is 18.2 Å². The van der Waals surface area contributed by atoms with E-state index in [1.807, 2.05) is 32.0 Å². The lowest BCUT2D eigenvalue weighted by molar-refractivity contribution is -0.385. The van der Waals surface area contributed by atoms with Gasteiger partial charge in [-0.3, -0.25) is 10.1 Å². The maximum atomic E-state index is 11.1. The summed E-state index contributed by atoms with van der Waals surface area (Å²) in [6.45, 7) is 3.95. The summed E-state index contributed by atoms with van der Waals surface area (Å²) in [7, 11) is 0. The lowest BCUT2D eigenvalue weighted by atomic mass is 10.1. The lowest BCUT2D eigenvalue weighted by Gasteiger charge is -2.17. The van der Waals surface area contributed by atoms with Crippen LogP contribution in [0.3, 0.4) is 0 Å². The Balaban J connectivity index is 2.28. The first kappa shape index (κ1) is 14.8. The van der Waals surface area contributed by atoms with Crippen molar-refractivity contribution in [2.24, 2.45) is 0 Å². The van der Waals surface area contributed by atoms with Crippen LogP contribution >= 0.6 is 22.6 Å². The third-order valence-corrected chi connectivity index (χ3v) is 3.83. The standard InChI is InChI=1S/C15H15IN2O2/c1-10-9-12(16)7-8-14(10)17-11(2)13-5-3-4-6-15(13)18(19)20/h3-9,11,17H,1-2H3. The van der Waals surface area contributed by atoms with Crippen molar-refractivity contribution in [1.82, 2.24) is 0 Å². The molecule has 0 aliphatic carbocycles. The molecule has 0 saturated carbocycles. The summed E-state index contributed by atoms with van der Waals surface area (Å²) in [6, 6.07) is 12.8. The third kappa shape index (κ3) is 3.27. The van der Waals surface area contributed by atoms with Crippen LogP contribution in [0.4, 0.5) is 11.4 Å². The predicted molar refractivity (Wildman–Crippen MR) is 89.0 cm³/mol. The fourth-order valence-corrected chi connectivity index (χ4v) is 2.77. The van der Waals surface area contributed by atoms with Crippen LogP contribution < -0.4 is 5.32 Å². The second-order valence-corrected chi connectivity index (χ2v) is 5.89. The minimum absolute atomic E-state index is 0.129. The molecule has 0 aliphatic rings. The monoisotopic (exact) mass is 382 g/mol. The third-order valence-electron chi connectivity index (χ3n) is 3.16. The Kier molecular flexibility index (Phi) is 4.59. The second kappa shape index (κ2) is 6.21. The van der Waals surface area contributed by atoms with Gasteiger partial charge in [-0.15, -0.1) is 0 Å².